The van der Waals surface area contributed by atoms with Crippen LogP contribution in [0.25, 0.3) is 0 Å². The topological polar surface area (TPSA) is 52.0 Å². The standard InChI is InChI=1S/C6H12Cl4N2.Pt/c1-3-5(11,4(2,7)8)6(9,10)12;/h3,11-12H2,1-2H3;. The maximum atomic E-state index is 5.82. The summed E-state index contributed by atoms with van der Waals surface area (Å²) in [5.74, 6) is 0. The molecule has 0 aromatic heterocycles. The number of nitrogens with two attached hydrogens (primary N) is 2. The van der Waals surface area contributed by atoms with Crippen LogP contribution in [0.1, 0.15) is 20.3 Å². The van der Waals surface area contributed by atoms with Crippen LogP contribution in [-0.4, -0.2) is 14.3 Å². The smallest absolute Gasteiger partial charge is 0.187 e. The molecule has 0 aromatic rings. The van der Waals surface area contributed by atoms with Gasteiger partial charge in [-0.2, -0.15) is 0 Å². The van der Waals surface area contributed by atoms with Gasteiger partial charge in [-0.15, -0.1) is 0 Å². The van der Waals surface area contributed by atoms with Crippen molar-refractivity contribution in [1.82, 2.24) is 0 Å². The van der Waals surface area contributed by atoms with Gasteiger partial charge in [0.15, 0.2) is 4.46 Å². The Kier molecular flexibility index (Phi) is 6.87. The molecular formula is C6H12Cl4N2Pt. The number of halogens is 4. The number of rotatable bonds is 3. The zero-order chi connectivity index (χ0) is 10.2. The molecule has 13 heavy (non-hydrogen) atoms. The minimum atomic E-state index is -1.65. The quantitative estimate of drug-likeness (QED) is 0.514. The van der Waals surface area contributed by atoms with Gasteiger partial charge < -0.3 is 5.73 Å². The molecule has 0 aromatic carbocycles. The van der Waals surface area contributed by atoms with Crippen LogP contribution in [0.15, 0.2) is 0 Å². The molecule has 84 valence electrons. The summed E-state index contributed by atoms with van der Waals surface area (Å²) < 4.78 is -2.93. The third-order valence-corrected chi connectivity index (χ3v) is 3.28. The van der Waals surface area contributed by atoms with Crippen LogP contribution < -0.4 is 11.5 Å². The third kappa shape index (κ3) is 3.68. The molecule has 0 rings (SSSR count). The molecule has 0 aliphatic carbocycles. The molecule has 0 spiro atoms. The summed E-state index contributed by atoms with van der Waals surface area (Å²) in [6.07, 6.45) is 0.375. The van der Waals surface area contributed by atoms with Crippen molar-refractivity contribution < 1.29 is 21.1 Å². The van der Waals surface area contributed by atoms with Crippen molar-refractivity contribution in [2.75, 3.05) is 0 Å². The van der Waals surface area contributed by atoms with Crippen molar-refractivity contribution in [2.45, 2.75) is 34.6 Å². The Hall–Kier alpha value is 1.77. The minimum absolute atomic E-state index is 0. The summed E-state index contributed by atoms with van der Waals surface area (Å²) in [6.45, 7) is 3.27. The van der Waals surface area contributed by atoms with E-state index in [0.717, 1.165) is 0 Å². The van der Waals surface area contributed by atoms with Crippen LogP contribution in [0, 0.1) is 0 Å². The van der Waals surface area contributed by atoms with Crippen LogP contribution in [0.5, 0.6) is 0 Å². The molecule has 0 aliphatic rings. The van der Waals surface area contributed by atoms with E-state index in [1.54, 1.807) is 6.92 Å². The maximum absolute atomic E-state index is 5.82. The van der Waals surface area contributed by atoms with Gasteiger partial charge in [0, 0.05) is 21.1 Å². The van der Waals surface area contributed by atoms with Crippen LogP contribution in [0.4, 0.5) is 0 Å². The van der Waals surface area contributed by atoms with E-state index >= 15 is 0 Å². The van der Waals surface area contributed by atoms with Gasteiger partial charge in [0.05, 0.1) is 5.54 Å². The fraction of sp³-hybridized carbons (Fsp3) is 1.00. The Morgan fingerprint density at radius 2 is 1.38 bits per heavy atom. The summed E-state index contributed by atoms with van der Waals surface area (Å²) in [5, 5.41) is 0. The molecule has 0 amide bonds. The molecule has 4 N–H and O–H groups in total. The van der Waals surface area contributed by atoms with Gasteiger partial charge in [-0.1, -0.05) is 53.3 Å². The summed E-state index contributed by atoms with van der Waals surface area (Å²) in [6, 6.07) is 0. The van der Waals surface area contributed by atoms with Gasteiger partial charge in [-0.25, -0.2) is 0 Å². The van der Waals surface area contributed by atoms with Crippen LogP contribution >= 0.6 is 46.4 Å². The summed E-state index contributed by atoms with van der Waals surface area (Å²) in [7, 11) is 0. The van der Waals surface area contributed by atoms with Crippen molar-refractivity contribution in [3.05, 3.63) is 0 Å². The van der Waals surface area contributed by atoms with Gasteiger partial charge >= 0.3 is 0 Å². The first-order valence-corrected chi connectivity index (χ1v) is 4.91. The largest absolute Gasteiger partial charge is 0.319 e. The Morgan fingerprint density at radius 3 is 1.38 bits per heavy atom. The Morgan fingerprint density at radius 1 is 1.08 bits per heavy atom. The predicted octanol–water partition coefficient (Wildman–Crippen LogP) is 2.38. The molecule has 0 bridgehead atoms. The monoisotopic (exact) mass is 447 g/mol. The molecule has 1 atom stereocenters. The van der Waals surface area contributed by atoms with Gasteiger partial charge in [0.25, 0.3) is 0 Å². The molecule has 0 aliphatic heterocycles. The summed E-state index contributed by atoms with van der Waals surface area (Å²) in [4.78, 5) is 0. The molecular weight excluding hydrogens is 437 g/mol. The Balaban J connectivity index is 0. The van der Waals surface area contributed by atoms with E-state index in [-0.39, 0.29) is 21.1 Å². The van der Waals surface area contributed by atoms with Crippen molar-refractivity contribution in [3.63, 3.8) is 0 Å². The van der Waals surface area contributed by atoms with Gasteiger partial charge in [0.1, 0.15) is 4.33 Å². The molecule has 0 saturated carbocycles. The molecule has 0 radical (unpaired) electrons. The van der Waals surface area contributed by atoms with Crippen LogP contribution in [0.3, 0.4) is 0 Å². The molecule has 0 saturated heterocycles. The Labute approximate surface area is 113 Å². The second kappa shape index (κ2) is 5.20. The van der Waals surface area contributed by atoms with E-state index in [4.69, 9.17) is 57.9 Å². The fourth-order valence-corrected chi connectivity index (χ4v) is 2.24. The first kappa shape index (κ1) is 17.2. The van der Waals surface area contributed by atoms with E-state index in [1.807, 2.05) is 0 Å². The summed E-state index contributed by atoms with van der Waals surface area (Å²) >= 11 is 23.0. The zero-order valence-electron chi connectivity index (χ0n) is 7.19. The van der Waals surface area contributed by atoms with Crippen molar-refractivity contribution in [1.29, 1.82) is 0 Å². The minimum Gasteiger partial charge on any atom is -0.319 e. The average molecular weight is 449 g/mol. The Bertz CT molecular complexity index is 149. The number of hydrogen-bond donors (Lipinski definition) is 2. The first-order valence-electron chi connectivity index (χ1n) is 3.39. The van der Waals surface area contributed by atoms with Crippen molar-refractivity contribution >= 4 is 46.4 Å². The molecule has 2 nitrogen and oxygen atoms in total. The van der Waals surface area contributed by atoms with Crippen molar-refractivity contribution in [3.8, 4) is 0 Å². The molecule has 7 heteroatoms. The van der Waals surface area contributed by atoms with Gasteiger partial charge in [0.2, 0.25) is 0 Å². The van der Waals surface area contributed by atoms with E-state index in [0.29, 0.717) is 6.42 Å². The van der Waals surface area contributed by atoms with E-state index < -0.39 is 14.3 Å². The maximum Gasteiger partial charge on any atom is 0.187 e. The molecule has 0 heterocycles. The van der Waals surface area contributed by atoms with Crippen LogP contribution in [0.2, 0.25) is 0 Å². The molecule has 1 unspecified atom stereocenters. The number of alkyl halides is 4. The number of hydrogen-bond acceptors (Lipinski definition) is 2. The third-order valence-electron chi connectivity index (χ3n) is 1.94. The van der Waals surface area contributed by atoms with E-state index in [2.05, 4.69) is 0 Å². The van der Waals surface area contributed by atoms with E-state index in [9.17, 15) is 0 Å². The second-order valence-electron chi connectivity index (χ2n) is 2.84. The van der Waals surface area contributed by atoms with Crippen molar-refractivity contribution in [2.24, 2.45) is 11.5 Å². The normalized spacial score (nSPS) is 17.5. The van der Waals surface area contributed by atoms with E-state index in [1.165, 1.54) is 6.92 Å². The van der Waals surface area contributed by atoms with Gasteiger partial charge in [-0.05, 0) is 13.3 Å². The van der Waals surface area contributed by atoms with Crippen LogP contribution in [-0.2, 0) is 21.1 Å². The SMILES string of the molecule is CCC(N)(C(C)(Cl)Cl)C(N)(Cl)Cl.[Pt]. The summed E-state index contributed by atoms with van der Waals surface area (Å²) in [5.41, 5.74) is 10.0. The zero-order valence-corrected chi connectivity index (χ0v) is 12.5. The molecule has 0 fully saturated rings. The average Bonchev–Trinajstić information content (AvgIpc) is 1.81. The predicted molar refractivity (Wildman–Crippen MR) is 55.9 cm³/mol. The first-order chi connectivity index (χ1) is 5.06. The second-order valence-corrected chi connectivity index (χ2v) is 5.93. The fourth-order valence-electron chi connectivity index (χ4n) is 0.839. The van der Waals surface area contributed by atoms with Gasteiger partial charge in [-0.3, -0.25) is 5.73 Å².